The van der Waals surface area contributed by atoms with Crippen molar-refractivity contribution in [3.63, 3.8) is 0 Å². The number of aryl methyl sites for hydroxylation is 1. The van der Waals surface area contributed by atoms with E-state index in [1.54, 1.807) is 6.92 Å². The van der Waals surface area contributed by atoms with Gasteiger partial charge in [0.15, 0.2) is 0 Å². The van der Waals surface area contributed by atoms with Gasteiger partial charge in [0, 0.05) is 22.9 Å². The normalized spacial score (nSPS) is 11.3. The van der Waals surface area contributed by atoms with Crippen LogP contribution in [-0.2, 0) is 0 Å². The molecule has 0 aliphatic carbocycles. The second-order valence-corrected chi connectivity index (χ2v) is 5.66. The molecule has 0 amide bonds. The van der Waals surface area contributed by atoms with Gasteiger partial charge in [-0.25, -0.2) is 18.2 Å². The quantitative estimate of drug-likeness (QED) is 0.655. The number of halogens is 3. The summed E-state index contributed by atoms with van der Waals surface area (Å²) in [6.45, 7) is 1.40. The Hall–Kier alpha value is -3.10. The molecule has 3 aromatic rings. The van der Waals surface area contributed by atoms with Gasteiger partial charge in [0.1, 0.15) is 17.0 Å². The third-order valence-corrected chi connectivity index (χ3v) is 3.80. The molecule has 1 aromatic carbocycles. The van der Waals surface area contributed by atoms with Crippen LogP contribution in [0.25, 0.3) is 10.9 Å². The van der Waals surface area contributed by atoms with E-state index in [0.717, 1.165) is 6.07 Å². The summed E-state index contributed by atoms with van der Waals surface area (Å²) in [6, 6.07) is 3.93. The van der Waals surface area contributed by atoms with Crippen LogP contribution < -0.4 is 10.5 Å². The number of H-pyrrole nitrogens is 1. The van der Waals surface area contributed by atoms with Crippen molar-refractivity contribution in [1.82, 2.24) is 15.2 Å². The highest BCUT2D eigenvalue weighted by atomic mass is 19.3. The molecule has 0 saturated heterocycles. The molecule has 0 spiro atoms. The zero-order chi connectivity index (χ0) is 18.8. The van der Waals surface area contributed by atoms with E-state index in [1.807, 2.05) is 0 Å². The maximum Gasteiger partial charge on any atom is 0.241 e. The number of nitrogen functional groups attached to an aromatic ring is 1. The van der Waals surface area contributed by atoms with Gasteiger partial charge in [-0.3, -0.25) is 9.89 Å². The maximum atomic E-state index is 13.8. The fourth-order valence-electron chi connectivity index (χ4n) is 2.52. The number of fused-ring (bicyclic) bond motifs is 1. The standard InChI is InChI=1S/C17H15F3N4O2/c1-8-6-12(21)15(23-17(8)26-5-4-13(19)20)16(25)9-2-3-11(18)14-10(9)7-22-24-14/h2-3,6-7,13H,4-5,21H2,1H3,(H,22,24). The highest BCUT2D eigenvalue weighted by Gasteiger charge is 2.21. The number of ketones is 1. The van der Waals surface area contributed by atoms with E-state index in [-0.39, 0.29) is 40.3 Å². The molecule has 0 saturated carbocycles. The number of pyridine rings is 1. The third kappa shape index (κ3) is 3.32. The van der Waals surface area contributed by atoms with Crippen molar-refractivity contribution in [1.29, 1.82) is 0 Å². The topological polar surface area (TPSA) is 93.9 Å². The van der Waals surface area contributed by atoms with Crippen LogP contribution in [-0.4, -0.2) is 34.0 Å². The molecule has 6 nitrogen and oxygen atoms in total. The third-order valence-electron chi connectivity index (χ3n) is 3.80. The fourth-order valence-corrected chi connectivity index (χ4v) is 2.52. The predicted molar refractivity (Wildman–Crippen MR) is 89.0 cm³/mol. The summed E-state index contributed by atoms with van der Waals surface area (Å²) < 4.78 is 43.5. The second-order valence-electron chi connectivity index (χ2n) is 5.66. The first-order valence-electron chi connectivity index (χ1n) is 7.72. The Bertz CT molecular complexity index is 972. The van der Waals surface area contributed by atoms with E-state index in [0.29, 0.717) is 5.56 Å². The predicted octanol–water partition coefficient (Wildman–Crippen LogP) is 3.25. The molecule has 0 bridgehead atoms. The van der Waals surface area contributed by atoms with E-state index < -0.39 is 24.4 Å². The minimum atomic E-state index is -2.50. The number of hydrogen-bond acceptors (Lipinski definition) is 5. The molecule has 9 heteroatoms. The van der Waals surface area contributed by atoms with E-state index in [1.165, 1.54) is 18.3 Å². The Morgan fingerprint density at radius 1 is 1.38 bits per heavy atom. The number of nitrogens with two attached hydrogens (primary N) is 1. The highest BCUT2D eigenvalue weighted by Crippen LogP contribution is 2.27. The molecular formula is C17H15F3N4O2. The molecule has 0 atom stereocenters. The maximum absolute atomic E-state index is 13.8. The number of carbonyl (C=O) groups excluding carboxylic acids is 1. The number of hydrogen-bond donors (Lipinski definition) is 2. The van der Waals surface area contributed by atoms with Crippen LogP contribution in [0.1, 0.15) is 28.0 Å². The van der Waals surface area contributed by atoms with Gasteiger partial charge in [-0.1, -0.05) is 0 Å². The smallest absolute Gasteiger partial charge is 0.241 e. The molecule has 3 rings (SSSR count). The van der Waals surface area contributed by atoms with E-state index in [9.17, 15) is 18.0 Å². The molecule has 2 aromatic heterocycles. The molecular weight excluding hydrogens is 349 g/mol. The summed E-state index contributed by atoms with van der Waals surface area (Å²) >= 11 is 0. The van der Waals surface area contributed by atoms with Crippen molar-refractivity contribution < 1.29 is 22.7 Å². The van der Waals surface area contributed by atoms with Crippen molar-refractivity contribution in [2.45, 2.75) is 19.8 Å². The van der Waals surface area contributed by atoms with Crippen LogP contribution in [0.3, 0.4) is 0 Å². The molecule has 0 aliphatic rings. The molecule has 0 aliphatic heterocycles. The Morgan fingerprint density at radius 3 is 2.88 bits per heavy atom. The lowest BCUT2D eigenvalue weighted by atomic mass is 10.0. The highest BCUT2D eigenvalue weighted by molar-refractivity contribution is 6.17. The van der Waals surface area contributed by atoms with Crippen LogP contribution in [0.15, 0.2) is 24.4 Å². The van der Waals surface area contributed by atoms with Crippen LogP contribution in [0.2, 0.25) is 0 Å². The van der Waals surface area contributed by atoms with Gasteiger partial charge in [-0.05, 0) is 25.1 Å². The van der Waals surface area contributed by atoms with Crippen LogP contribution >= 0.6 is 0 Å². The molecule has 3 N–H and O–H groups in total. The number of aromatic nitrogens is 3. The van der Waals surface area contributed by atoms with Gasteiger partial charge < -0.3 is 10.5 Å². The minimum Gasteiger partial charge on any atom is -0.477 e. The number of aromatic amines is 1. The Balaban J connectivity index is 1.98. The number of carbonyl (C=O) groups is 1. The SMILES string of the molecule is Cc1cc(N)c(C(=O)c2ccc(F)c3[nH]ncc23)nc1OCCC(F)F. The minimum absolute atomic E-state index is 0.0498. The van der Waals surface area contributed by atoms with Crippen LogP contribution in [0, 0.1) is 12.7 Å². The number of ether oxygens (including phenoxy) is 1. The summed E-state index contributed by atoms with van der Waals surface area (Å²) in [7, 11) is 0. The molecule has 136 valence electrons. The summed E-state index contributed by atoms with van der Waals surface area (Å²) in [5.74, 6) is -1.05. The number of benzene rings is 1. The number of nitrogens with zero attached hydrogens (tertiary/aromatic N) is 2. The monoisotopic (exact) mass is 364 g/mol. The summed E-state index contributed by atoms with van der Waals surface area (Å²) in [4.78, 5) is 16.9. The second kappa shape index (κ2) is 7.03. The van der Waals surface area contributed by atoms with Gasteiger partial charge in [0.25, 0.3) is 0 Å². The first-order chi connectivity index (χ1) is 12.4. The lowest BCUT2D eigenvalue weighted by Crippen LogP contribution is -2.12. The van der Waals surface area contributed by atoms with Crippen LogP contribution in [0.5, 0.6) is 5.88 Å². The summed E-state index contributed by atoms with van der Waals surface area (Å²) in [5, 5.41) is 6.52. The van der Waals surface area contributed by atoms with E-state index >= 15 is 0 Å². The molecule has 2 heterocycles. The Kier molecular flexibility index (Phi) is 4.79. The zero-order valence-corrected chi connectivity index (χ0v) is 13.7. The van der Waals surface area contributed by atoms with Crippen molar-refractivity contribution >= 4 is 22.4 Å². The van der Waals surface area contributed by atoms with Gasteiger partial charge in [0.2, 0.25) is 18.1 Å². The number of nitrogens with one attached hydrogen (secondary N) is 1. The number of anilines is 1. The Morgan fingerprint density at radius 2 is 2.15 bits per heavy atom. The van der Waals surface area contributed by atoms with E-state index in [4.69, 9.17) is 10.5 Å². The zero-order valence-electron chi connectivity index (χ0n) is 13.7. The average Bonchev–Trinajstić information content (AvgIpc) is 3.07. The van der Waals surface area contributed by atoms with E-state index in [2.05, 4.69) is 15.2 Å². The summed E-state index contributed by atoms with van der Waals surface area (Å²) in [6.07, 6.45) is -1.63. The van der Waals surface area contributed by atoms with Crippen molar-refractivity contribution in [3.05, 3.63) is 47.0 Å². The fraction of sp³-hybridized carbons (Fsp3) is 0.235. The largest absolute Gasteiger partial charge is 0.477 e. The van der Waals surface area contributed by atoms with Crippen LogP contribution in [0.4, 0.5) is 18.9 Å². The molecule has 0 radical (unpaired) electrons. The number of alkyl halides is 2. The average molecular weight is 364 g/mol. The first kappa shape index (κ1) is 17.7. The van der Waals surface area contributed by atoms with Crippen molar-refractivity contribution in [2.24, 2.45) is 0 Å². The molecule has 0 unspecified atom stereocenters. The van der Waals surface area contributed by atoms with Gasteiger partial charge in [-0.2, -0.15) is 5.10 Å². The lowest BCUT2D eigenvalue weighted by Gasteiger charge is -2.12. The van der Waals surface area contributed by atoms with Gasteiger partial charge >= 0.3 is 0 Å². The van der Waals surface area contributed by atoms with Gasteiger partial charge in [0.05, 0.1) is 18.5 Å². The van der Waals surface area contributed by atoms with Crippen molar-refractivity contribution in [2.75, 3.05) is 12.3 Å². The Labute approximate surface area is 146 Å². The number of rotatable bonds is 6. The first-order valence-corrected chi connectivity index (χ1v) is 7.72. The lowest BCUT2D eigenvalue weighted by molar-refractivity contribution is 0.102. The molecule has 0 fully saturated rings. The summed E-state index contributed by atoms with van der Waals surface area (Å²) in [5.41, 5.74) is 6.68. The van der Waals surface area contributed by atoms with Gasteiger partial charge in [-0.15, -0.1) is 0 Å². The molecule has 26 heavy (non-hydrogen) atoms. The van der Waals surface area contributed by atoms with Crippen molar-refractivity contribution in [3.8, 4) is 5.88 Å².